The van der Waals surface area contributed by atoms with E-state index in [4.69, 9.17) is 10.6 Å². The number of carbonyl (C=O) groups is 1. The van der Waals surface area contributed by atoms with Gasteiger partial charge in [0.25, 0.3) is 6.47 Å². The first-order valence-corrected chi connectivity index (χ1v) is 4.94. The van der Waals surface area contributed by atoms with Crippen LogP contribution in [0.3, 0.4) is 0 Å². The predicted molar refractivity (Wildman–Crippen MR) is 54.4 cm³/mol. The Bertz CT molecular complexity index is 208. The van der Waals surface area contributed by atoms with Crippen molar-refractivity contribution in [2.24, 2.45) is 5.84 Å². The van der Waals surface area contributed by atoms with Crippen LogP contribution >= 0.6 is 0 Å². The summed E-state index contributed by atoms with van der Waals surface area (Å²) in [7, 11) is 0. The highest BCUT2D eigenvalue weighted by Gasteiger charge is 2.44. The van der Waals surface area contributed by atoms with Gasteiger partial charge in [-0.1, -0.05) is 0 Å². The molecule has 0 radical (unpaired) electrons. The monoisotopic (exact) mass is 200 g/mol. The highest BCUT2D eigenvalue weighted by Crippen LogP contribution is 2.36. The second kappa shape index (κ2) is 3.51. The number of hydrogen-bond acceptors (Lipinski definition) is 4. The maximum absolute atomic E-state index is 10.3. The fourth-order valence-electron chi connectivity index (χ4n) is 2.38. The molecule has 0 amide bonds. The van der Waals surface area contributed by atoms with E-state index in [-0.39, 0.29) is 17.2 Å². The molecule has 0 aromatic rings. The van der Waals surface area contributed by atoms with Crippen LogP contribution in [0.5, 0.6) is 0 Å². The van der Waals surface area contributed by atoms with Crippen LogP contribution in [-0.4, -0.2) is 28.7 Å². The Balaban J connectivity index is 2.80. The number of nitrogens with zero attached hydrogens (tertiary/aromatic N) is 1. The zero-order valence-corrected chi connectivity index (χ0v) is 9.41. The topological polar surface area (TPSA) is 55.6 Å². The minimum atomic E-state index is -0.130. The van der Waals surface area contributed by atoms with E-state index in [2.05, 4.69) is 27.7 Å². The van der Waals surface area contributed by atoms with Crippen molar-refractivity contribution in [3.8, 4) is 0 Å². The van der Waals surface area contributed by atoms with Crippen LogP contribution in [-0.2, 0) is 9.53 Å². The molecule has 1 heterocycles. The zero-order chi connectivity index (χ0) is 11.0. The number of piperidine rings is 1. The lowest BCUT2D eigenvalue weighted by atomic mass is 9.80. The molecule has 1 aliphatic rings. The van der Waals surface area contributed by atoms with E-state index in [9.17, 15) is 4.79 Å². The molecule has 0 unspecified atom stereocenters. The number of hydrazine groups is 1. The summed E-state index contributed by atoms with van der Waals surface area (Å²) in [5.41, 5.74) is -0.259. The first-order valence-electron chi connectivity index (χ1n) is 4.94. The Morgan fingerprint density at radius 1 is 1.29 bits per heavy atom. The van der Waals surface area contributed by atoms with E-state index < -0.39 is 0 Å². The minimum Gasteiger partial charge on any atom is -0.464 e. The average molecular weight is 200 g/mol. The Morgan fingerprint density at radius 2 is 1.71 bits per heavy atom. The maximum atomic E-state index is 10.3. The van der Waals surface area contributed by atoms with Crippen molar-refractivity contribution in [2.75, 3.05) is 0 Å². The van der Waals surface area contributed by atoms with Gasteiger partial charge in [-0.05, 0) is 27.7 Å². The Hall–Kier alpha value is -0.610. The molecule has 0 atom stereocenters. The van der Waals surface area contributed by atoms with Gasteiger partial charge in [-0.15, -0.1) is 0 Å². The molecule has 1 rings (SSSR count). The molecule has 4 heteroatoms. The van der Waals surface area contributed by atoms with Crippen LogP contribution in [0.4, 0.5) is 0 Å². The smallest absolute Gasteiger partial charge is 0.293 e. The molecule has 0 aliphatic carbocycles. The number of nitrogens with two attached hydrogens (primary N) is 1. The average Bonchev–Trinajstić information content (AvgIpc) is 1.99. The number of rotatable bonds is 2. The number of hydrogen-bond donors (Lipinski definition) is 1. The Kier molecular flexibility index (Phi) is 2.88. The van der Waals surface area contributed by atoms with Gasteiger partial charge in [0.15, 0.2) is 0 Å². The lowest BCUT2D eigenvalue weighted by Crippen LogP contribution is -2.65. The fourth-order valence-corrected chi connectivity index (χ4v) is 2.38. The highest BCUT2D eigenvalue weighted by atomic mass is 16.5. The van der Waals surface area contributed by atoms with Crippen molar-refractivity contribution in [3.63, 3.8) is 0 Å². The molecule has 2 N–H and O–H groups in total. The van der Waals surface area contributed by atoms with Gasteiger partial charge in [-0.25, -0.2) is 5.01 Å². The molecular formula is C10H20N2O2. The van der Waals surface area contributed by atoms with Crippen molar-refractivity contribution < 1.29 is 9.53 Å². The molecule has 1 fully saturated rings. The van der Waals surface area contributed by atoms with Crippen molar-refractivity contribution in [3.05, 3.63) is 0 Å². The summed E-state index contributed by atoms with van der Waals surface area (Å²) in [5.74, 6) is 6.04. The van der Waals surface area contributed by atoms with Crippen LogP contribution in [0.1, 0.15) is 40.5 Å². The summed E-state index contributed by atoms with van der Waals surface area (Å²) in [6.45, 7) is 8.79. The van der Waals surface area contributed by atoms with Crippen molar-refractivity contribution in [1.82, 2.24) is 5.01 Å². The highest BCUT2D eigenvalue weighted by molar-refractivity contribution is 5.37. The van der Waals surface area contributed by atoms with Crippen LogP contribution in [0, 0.1) is 0 Å². The van der Waals surface area contributed by atoms with Gasteiger partial charge in [-0.3, -0.25) is 10.6 Å². The van der Waals surface area contributed by atoms with E-state index in [1.54, 1.807) is 0 Å². The number of ether oxygens (including phenoxy) is 1. The molecule has 0 aromatic carbocycles. The first kappa shape index (κ1) is 11.5. The summed E-state index contributed by atoms with van der Waals surface area (Å²) >= 11 is 0. The van der Waals surface area contributed by atoms with Crippen molar-refractivity contribution in [1.29, 1.82) is 0 Å². The molecular weight excluding hydrogens is 180 g/mol. The summed E-state index contributed by atoms with van der Waals surface area (Å²) in [5, 5.41) is 1.87. The SMILES string of the molecule is CC1(C)CC(OC=O)CC(C)(C)N1N. The lowest BCUT2D eigenvalue weighted by molar-refractivity contribution is -0.146. The van der Waals surface area contributed by atoms with Gasteiger partial charge in [-0.2, -0.15) is 0 Å². The minimum absolute atomic E-state index is 0.0164. The third-order valence-electron chi connectivity index (χ3n) is 3.01. The first-order chi connectivity index (χ1) is 6.29. The maximum Gasteiger partial charge on any atom is 0.293 e. The fraction of sp³-hybridized carbons (Fsp3) is 0.900. The number of carbonyl (C=O) groups excluding carboxylic acids is 1. The molecule has 0 aromatic heterocycles. The molecule has 0 spiro atoms. The second-order valence-corrected chi connectivity index (χ2v) is 5.26. The van der Waals surface area contributed by atoms with Crippen molar-refractivity contribution in [2.45, 2.75) is 57.7 Å². The molecule has 0 bridgehead atoms. The largest absolute Gasteiger partial charge is 0.464 e. The van der Waals surface area contributed by atoms with Gasteiger partial charge in [0.1, 0.15) is 6.10 Å². The van der Waals surface area contributed by atoms with E-state index in [0.29, 0.717) is 6.47 Å². The van der Waals surface area contributed by atoms with Gasteiger partial charge in [0.2, 0.25) is 0 Å². The van der Waals surface area contributed by atoms with Gasteiger partial charge in [0.05, 0.1) is 0 Å². The van der Waals surface area contributed by atoms with Crippen LogP contribution in [0.15, 0.2) is 0 Å². The van der Waals surface area contributed by atoms with E-state index in [1.807, 2.05) is 5.01 Å². The summed E-state index contributed by atoms with van der Waals surface area (Å²) < 4.78 is 5.04. The van der Waals surface area contributed by atoms with Gasteiger partial charge < -0.3 is 4.74 Å². The standard InChI is InChI=1S/C10H20N2O2/c1-9(2)5-8(14-7-13)6-10(3,4)12(9)11/h7-8H,5-6,11H2,1-4H3. The van der Waals surface area contributed by atoms with Gasteiger partial charge >= 0.3 is 0 Å². The summed E-state index contributed by atoms with van der Waals surface area (Å²) in [4.78, 5) is 10.3. The molecule has 82 valence electrons. The second-order valence-electron chi connectivity index (χ2n) is 5.26. The predicted octanol–water partition coefficient (Wildman–Crippen LogP) is 1.05. The molecule has 4 nitrogen and oxygen atoms in total. The molecule has 1 saturated heterocycles. The van der Waals surface area contributed by atoms with Crippen LogP contribution in [0.2, 0.25) is 0 Å². The van der Waals surface area contributed by atoms with E-state index in [1.165, 1.54) is 0 Å². The summed E-state index contributed by atoms with van der Waals surface area (Å²) in [6.07, 6.45) is 1.55. The van der Waals surface area contributed by atoms with Crippen LogP contribution in [0.25, 0.3) is 0 Å². The van der Waals surface area contributed by atoms with Crippen LogP contribution < -0.4 is 5.84 Å². The van der Waals surface area contributed by atoms with Gasteiger partial charge in [0, 0.05) is 23.9 Å². The normalized spacial score (nSPS) is 27.2. The summed E-state index contributed by atoms with van der Waals surface area (Å²) in [6, 6.07) is 0. The zero-order valence-electron chi connectivity index (χ0n) is 9.41. The quantitative estimate of drug-likeness (QED) is 0.535. The van der Waals surface area contributed by atoms with E-state index >= 15 is 0 Å². The third-order valence-corrected chi connectivity index (χ3v) is 3.01. The van der Waals surface area contributed by atoms with E-state index in [0.717, 1.165) is 12.8 Å². The van der Waals surface area contributed by atoms with Crippen molar-refractivity contribution >= 4 is 6.47 Å². The lowest BCUT2D eigenvalue weighted by Gasteiger charge is -2.52. The Morgan fingerprint density at radius 3 is 2.07 bits per heavy atom. The molecule has 0 saturated carbocycles. The molecule has 14 heavy (non-hydrogen) atoms. The Labute approximate surface area is 85.4 Å². The molecule has 1 aliphatic heterocycles. The third kappa shape index (κ3) is 2.07.